The third-order valence-electron chi connectivity index (χ3n) is 11.3. The van der Waals surface area contributed by atoms with Gasteiger partial charge in [-0.25, -0.2) is 0 Å². The van der Waals surface area contributed by atoms with Gasteiger partial charge in [-0.1, -0.05) is 109 Å². The van der Waals surface area contributed by atoms with E-state index in [1.165, 1.54) is 109 Å². The maximum atomic E-state index is 2.48. The molecule has 9 aromatic carbocycles. The number of benzene rings is 9. The van der Waals surface area contributed by atoms with E-state index in [9.17, 15) is 0 Å². The van der Waals surface area contributed by atoms with Gasteiger partial charge in [0, 0.05) is 57.7 Å². The van der Waals surface area contributed by atoms with Crippen LogP contribution in [0.15, 0.2) is 158 Å². The van der Waals surface area contributed by atoms with Gasteiger partial charge in [-0.3, -0.25) is 0 Å². The Morgan fingerprint density at radius 1 is 0.280 bits per heavy atom. The van der Waals surface area contributed by atoms with E-state index in [1.54, 1.807) is 0 Å². The van der Waals surface area contributed by atoms with Crippen LogP contribution in [0.3, 0.4) is 0 Å². The summed E-state index contributed by atoms with van der Waals surface area (Å²) in [7, 11) is 4.41. The summed E-state index contributed by atoms with van der Waals surface area (Å²) >= 11 is 0. The van der Waals surface area contributed by atoms with Crippen LogP contribution < -0.4 is 0 Å². The van der Waals surface area contributed by atoms with Crippen LogP contribution in [0.1, 0.15) is 0 Å². The van der Waals surface area contributed by atoms with Crippen molar-refractivity contribution >= 4 is 86.7 Å². The van der Waals surface area contributed by atoms with E-state index in [-0.39, 0.29) is 0 Å². The maximum absolute atomic E-state index is 2.48. The van der Waals surface area contributed by atoms with Crippen LogP contribution in [0, 0.1) is 0 Å². The summed E-state index contributed by atoms with van der Waals surface area (Å²) in [5, 5.41) is 15.2. The standard InChI is InChI=1S/C48H32N2/c1-49-43-17-9-7-15-35(43)37-25-39-41(27-45(37)49)47(33-21-19-29-11-3-5-13-31(29)23-33)40-26-38-36-16-8-10-18-44(36)50(2)46(38)28-42(40)48(39)34-22-20-30-12-4-6-14-32(30)24-34/h3-28H,1-2H3. The molecule has 0 aliphatic rings. The molecule has 234 valence electrons. The number of rotatable bonds is 2. The number of hydrogen-bond donors (Lipinski definition) is 0. The molecule has 2 aromatic heterocycles. The highest BCUT2D eigenvalue weighted by Gasteiger charge is 2.22. The van der Waals surface area contributed by atoms with Gasteiger partial charge in [0.2, 0.25) is 0 Å². The summed E-state index contributed by atoms with van der Waals surface area (Å²) in [4.78, 5) is 0. The van der Waals surface area contributed by atoms with E-state index in [4.69, 9.17) is 0 Å². The second-order valence-electron chi connectivity index (χ2n) is 13.9. The number of aromatic nitrogens is 2. The number of nitrogens with zero attached hydrogens (tertiary/aromatic N) is 2. The van der Waals surface area contributed by atoms with E-state index >= 15 is 0 Å². The molecule has 0 saturated carbocycles. The lowest BCUT2D eigenvalue weighted by Gasteiger charge is -2.19. The van der Waals surface area contributed by atoms with Gasteiger partial charge < -0.3 is 9.13 Å². The van der Waals surface area contributed by atoms with E-state index in [2.05, 4.69) is 181 Å². The maximum Gasteiger partial charge on any atom is 0.0495 e. The molecule has 0 unspecified atom stereocenters. The molecular weight excluding hydrogens is 605 g/mol. The van der Waals surface area contributed by atoms with Crippen LogP contribution >= 0.6 is 0 Å². The van der Waals surface area contributed by atoms with Crippen LogP contribution in [0.2, 0.25) is 0 Å². The van der Waals surface area contributed by atoms with Gasteiger partial charge in [-0.05, 0) is 114 Å². The average molecular weight is 637 g/mol. The first-order chi connectivity index (χ1) is 24.6. The largest absolute Gasteiger partial charge is 0.344 e. The first kappa shape index (κ1) is 27.6. The van der Waals surface area contributed by atoms with Crippen molar-refractivity contribution in [2.24, 2.45) is 14.1 Å². The van der Waals surface area contributed by atoms with E-state index in [0.717, 1.165) is 0 Å². The lowest BCUT2D eigenvalue weighted by atomic mass is 9.84. The van der Waals surface area contributed by atoms with Crippen molar-refractivity contribution in [1.82, 2.24) is 9.13 Å². The highest BCUT2D eigenvalue weighted by molar-refractivity contribution is 6.28. The first-order valence-corrected chi connectivity index (χ1v) is 17.4. The molecule has 0 radical (unpaired) electrons. The van der Waals surface area contributed by atoms with E-state index in [1.807, 2.05) is 0 Å². The van der Waals surface area contributed by atoms with E-state index in [0.29, 0.717) is 0 Å². The normalized spacial score (nSPS) is 12.2. The molecule has 0 bridgehead atoms. The molecular formula is C48H32N2. The summed E-state index contributed by atoms with van der Waals surface area (Å²) in [6.07, 6.45) is 0. The monoisotopic (exact) mass is 636 g/mol. The Bertz CT molecular complexity index is 3010. The minimum atomic E-state index is 1.24. The minimum Gasteiger partial charge on any atom is -0.344 e. The lowest BCUT2D eigenvalue weighted by Crippen LogP contribution is -1.94. The van der Waals surface area contributed by atoms with Gasteiger partial charge in [0.1, 0.15) is 0 Å². The van der Waals surface area contributed by atoms with Crippen molar-refractivity contribution in [2.45, 2.75) is 0 Å². The molecule has 0 atom stereocenters. The molecule has 0 aliphatic carbocycles. The topological polar surface area (TPSA) is 9.86 Å². The molecule has 2 heterocycles. The summed E-state index contributed by atoms with van der Waals surface area (Å²) < 4.78 is 4.73. The SMILES string of the molecule is Cn1c2ccccc2c2cc3c(-c4ccc5ccccc5c4)c4cc5c(cc4c(-c4ccc6ccccc6c4)c3cc21)c1ccccc1n5C. The highest BCUT2D eigenvalue weighted by Crippen LogP contribution is 2.48. The Morgan fingerprint density at radius 3 is 1.12 bits per heavy atom. The fraction of sp³-hybridized carbons (Fsp3) is 0.0417. The third kappa shape index (κ3) is 3.73. The van der Waals surface area contributed by atoms with Gasteiger partial charge >= 0.3 is 0 Å². The van der Waals surface area contributed by atoms with Crippen molar-refractivity contribution < 1.29 is 0 Å². The lowest BCUT2D eigenvalue weighted by molar-refractivity contribution is 1.01. The summed E-state index contributed by atoms with van der Waals surface area (Å²) in [5.74, 6) is 0. The number of hydrogen-bond acceptors (Lipinski definition) is 0. The second-order valence-corrected chi connectivity index (χ2v) is 13.9. The fourth-order valence-electron chi connectivity index (χ4n) is 8.84. The average Bonchev–Trinajstić information content (AvgIpc) is 3.61. The van der Waals surface area contributed by atoms with Crippen LogP contribution in [-0.4, -0.2) is 9.13 Å². The molecule has 0 aliphatic heterocycles. The Labute approximate surface area is 289 Å². The number of fused-ring (bicyclic) bond motifs is 10. The summed E-state index contributed by atoms with van der Waals surface area (Å²) in [6.45, 7) is 0. The molecule has 2 nitrogen and oxygen atoms in total. The molecule has 50 heavy (non-hydrogen) atoms. The zero-order valence-electron chi connectivity index (χ0n) is 27.9. The number of para-hydroxylation sites is 2. The van der Waals surface area contributed by atoms with Crippen LogP contribution in [0.4, 0.5) is 0 Å². The highest BCUT2D eigenvalue weighted by atomic mass is 14.9. The summed E-state index contributed by atoms with van der Waals surface area (Å²) in [6, 6.07) is 58.9. The molecule has 0 N–H and O–H groups in total. The quantitative estimate of drug-likeness (QED) is 0.167. The van der Waals surface area contributed by atoms with Gasteiger partial charge in [0.25, 0.3) is 0 Å². The van der Waals surface area contributed by atoms with Crippen LogP contribution in [0.25, 0.3) is 109 Å². The van der Waals surface area contributed by atoms with Crippen molar-refractivity contribution in [2.75, 3.05) is 0 Å². The molecule has 0 saturated heterocycles. The van der Waals surface area contributed by atoms with Crippen LogP contribution in [0.5, 0.6) is 0 Å². The van der Waals surface area contributed by atoms with Gasteiger partial charge in [-0.15, -0.1) is 0 Å². The molecule has 11 rings (SSSR count). The van der Waals surface area contributed by atoms with E-state index < -0.39 is 0 Å². The predicted molar refractivity (Wildman–Crippen MR) is 215 cm³/mol. The first-order valence-electron chi connectivity index (χ1n) is 17.4. The molecule has 0 fully saturated rings. The predicted octanol–water partition coefficient (Wildman–Crippen LogP) is 12.9. The van der Waals surface area contributed by atoms with Crippen molar-refractivity contribution in [3.8, 4) is 22.3 Å². The van der Waals surface area contributed by atoms with Crippen molar-refractivity contribution in [3.63, 3.8) is 0 Å². The minimum absolute atomic E-state index is 1.24. The zero-order valence-corrected chi connectivity index (χ0v) is 27.9. The van der Waals surface area contributed by atoms with Crippen LogP contribution in [-0.2, 0) is 14.1 Å². The van der Waals surface area contributed by atoms with Gasteiger partial charge in [-0.2, -0.15) is 0 Å². The smallest absolute Gasteiger partial charge is 0.0495 e. The van der Waals surface area contributed by atoms with Gasteiger partial charge in [0.15, 0.2) is 0 Å². The zero-order chi connectivity index (χ0) is 33.1. The fourth-order valence-corrected chi connectivity index (χ4v) is 8.84. The summed E-state index contributed by atoms with van der Waals surface area (Å²) in [5.41, 5.74) is 10.0. The number of aryl methyl sites for hydroxylation is 2. The third-order valence-corrected chi connectivity index (χ3v) is 11.3. The molecule has 0 spiro atoms. The molecule has 0 amide bonds. The Morgan fingerprint density at radius 2 is 0.660 bits per heavy atom. The molecule has 2 heteroatoms. The Balaban J connectivity index is 1.41. The van der Waals surface area contributed by atoms with Gasteiger partial charge in [0.05, 0.1) is 0 Å². The van der Waals surface area contributed by atoms with Crippen molar-refractivity contribution in [1.29, 1.82) is 0 Å². The van der Waals surface area contributed by atoms with Crippen molar-refractivity contribution in [3.05, 3.63) is 158 Å². The second kappa shape index (κ2) is 10.1. The molecule has 11 aromatic rings. The Kier molecular flexibility index (Phi) is 5.55. The Hall–Kier alpha value is -6.38.